The van der Waals surface area contributed by atoms with Crippen molar-refractivity contribution in [1.82, 2.24) is 10.2 Å². The summed E-state index contributed by atoms with van der Waals surface area (Å²) in [4.78, 5) is 17.2. The van der Waals surface area contributed by atoms with Crippen LogP contribution in [0.15, 0.2) is 0 Å². The molecule has 0 aromatic carbocycles. The molecule has 0 bridgehead atoms. The van der Waals surface area contributed by atoms with Crippen molar-refractivity contribution in [1.29, 1.82) is 0 Å². The van der Waals surface area contributed by atoms with Crippen molar-refractivity contribution in [3.05, 3.63) is 0 Å². The van der Waals surface area contributed by atoms with Crippen LogP contribution in [0.25, 0.3) is 0 Å². The Morgan fingerprint density at radius 3 is 1.43 bits per heavy atom. The molecule has 0 aliphatic carbocycles. The normalized spacial score (nSPS) is 14.3. The first-order valence-electron chi connectivity index (χ1n) is 1.95. The molecule has 0 aromatic rings. The zero-order chi connectivity index (χ0) is 5.91. The number of nitrogens with one attached hydrogen (secondary N) is 2. The standard InChI is InChI=1S/C2H11N2O2P/c1-3-7(5,6)4-2/h3-7H,1-2H3. The third-order valence-corrected chi connectivity index (χ3v) is 2.09. The number of rotatable bonds is 2. The molecule has 46 valence electrons. The van der Waals surface area contributed by atoms with Gasteiger partial charge in [0.15, 0.2) is 0 Å². The first-order chi connectivity index (χ1) is 3.12. The average molecular weight is 126 g/mol. The van der Waals surface area contributed by atoms with Gasteiger partial charge in [-0.3, -0.25) is 0 Å². The van der Waals surface area contributed by atoms with Crippen LogP contribution in [0.1, 0.15) is 0 Å². The van der Waals surface area contributed by atoms with Crippen LogP contribution in [0.3, 0.4) is 0 Å². The maximum absolute atomic E-state index is 8.60. The molecular formula is C2H11N2O2P. The fraction of sp³-hybridized carbons (Fsp3) is 1.00. The summed E-state index contributed by atoms with van der Waals surface area (Å²) in [7, 11) is -0.174. The van der Waals surface area contributed by atoms with Crippen molar-refractivity contribution in [2.45, 2.75) is 0 Å². The topological polar surface area (TPSA) is 64.5 Å². The van der Waals surface area contributed by atoms with E-state index in [1.54, 1.807) is 0 Å². The third kappa shape index (κ3) is 2.91. The van der Waals surface area contributed by atoms with Crippen LogP contribution in [0.5, 0.6) is 0 Å². The monoisotopic (exact) mass is 126 g/mol. The summed E-state index contributed by atoms with van der Waals surface area (Å²) in [5, 5.41) is 4.66. The van der Waals surface area contributed by atoms with Gasteiger partial charge in [-0.05, 0) is 0 Å². The summed E-state index contributed by atoms with van der Waals surface area (Å²) in [5.41, 5.74) is 0. The van der Waals surface area contributed by atoms with Gasteiger partial charge in [-0.2, -0.15) is 0 Å². The van der Waals surface area contributed by atoms with E-state index in [0.717, 1.165) is 0 Å². The zero-order valence-electron chi connectivity index (χ0n) is 4.39. The molecule has 0 aliphatic heterocycles. The van der Waals surface area contributed by atoms with Gasteiger partial charge in [-0.1, -0.05) is 0 Å². The van der Waals surface area contributed by atoms with Gasteiger partial charge >= 0.3 is 42.1 Å². The van der Waals surface area contributed by atoms with Gasteiger partial charge in [0.05, 0.1) is 0 Å². The van der Waals surface area contributed by atoms with Crippen LogP contribution in [0, 0.1) is 0 Å². The second kappa shape index (κ2) is 2.55. The molecular weight excluding hydrogens is 115 g/mol. The van der Waals surface area contributed by atoms with Crippen LogP contribution in [-0.4, -0.2) is 23.9 Å². The Morgan fingerprint density at radius 1 is 1.14 bits per heavy atom. The molecule has 0 aromatic heterocycles. The summed E-state index contributed by atoms with van der Waals surface area (Å²) < 4.78 is 0. The van der Waals surface area contributed by atoms with Crippen LogP contribution in [0.2, 0.25) is 0 Å². The quantitative estimate of drug-likeness (QED) is 0.352. The van der Waals surface area contributed by atoms with Crippen molar-refractivity contribution in [2.75, 3.05) is 14.1 Å². The molecule has 0 unspecified atom stereocenters. The molecule has 0 atom stereocenters. The molecule has 0 heterocycles. The summed E-state index contributed by atoms with van der Waals surface area (Å²) in [5.74, 6) is 0. The van der Waals surface area contributed by atoms with E-state index >= 15 is 0 Å². The Hall–Kier alpha value is 0.270. The van der Waals surface area contributed by atoms with Gasteiger partial charge in [0.1, 0.15) is 0 Å². The second-order valence-electron chi connectivity index (χ2n) is 1.17. The summed E-state index contributed by atoms with van der Waals surface area (Å²) in [6, 6.07) is 0. The Bertz CT molecular complexity index is 51.7. The first-order valence-corrected chi connectivity index (χ1v) is 3.84. The van der Waals surface area contributed by atoms with Gasteiger partial charge in [0, 0.05) is 0 Å². The molecule has 0 rings (SSSR count). The van der Waals surface area contributed by atoms with Gasteiger partial charge in [-0.15, -0.1) is 0 Å². The van der Waals surface area contributed by atoms with Crippen molar-refractivity contribution < 1.29 is 9.79 Å². The average Bonchev–Trinajstić information content (AvgIpc) is 1.68. The molecule has 0 radical (unpaired) electrons. The van der Waals surface area contributed by atoms with E-state index in [4.69, 9.17) is 9.79 Å². The minimum absolute atomic E-state index is 1.49. The first kappa shape index (κ1) is 7.27. The van der Waals surface area contributed by atoms with Crippen LogP contribution < -0.4 is 10.2 Å². The fourth-order valence-electron chi connectivity index (χ4n) is 0.125. The summed E-state index contributed by atoms with van der Waals surface area (Å²) in [6.45, 7) is 0. The molecule has 0 saturated carbocycles. The van der Waals surface area contributed by atoms with Crippen molar-refractivity contribution in [3.8, 4) is 0 Å². The molecule has 0 amide bonds. The predicted molar refractivity (Wildman–Crippen MR) is 30.9 cm³/mol. The molecule has 0 aliphatic rings. The Kier molecular flexibility index (Phi) is 2.64. The summed E-state index contributed by atoms with van der Waals surface area (Å²) >= 11 is 0. The molecule has 0 fully saturated rings. The van der Waals surface area contributed by atoms with E-state index < -0.39 is 8.02 Å². The Balaban J connectivity index is 3.36. The second-order valence-corrected chi connectivity index (χ2v) is 3.52. The number of hydrogen-bond donors (Lipinski definition) is 4. The van der Waals surface area contributed by atoms with Crippen molar-refractivity contribution in [2.24, 2.45) is 0 Å². The number of hydrogen-bond acceptors (Lipinski definition) is 4. The van der Waals surface area contributed by atoms with E-state index in [1.807, 2.05) is 0 Å². The van der Waals surface area contributed by atoms with Crippen LogP contribution in [0.4, 0.5) is 0 Å². The fourth-order valence-corrected chi connectivity index (χ4v) is 0.375. The van der Waals surface area contributed by atoms with Crippen molar-refractivity contribution >= 4 is 8.02 Å². The van der Waals surface area contributed by atoms with E-state index in [1.165, 1.54) is 14.1 Å². The van der Waals surface area contributed by atoms with Crippen LogP contribution in [-0.2, 0) is 0 Å². The van der Waals surface area contributed by atoms with Gasteiger partial charge < -0.3 is 0 Å². The zero-order valence-corrected chi connectivity index (χ0v) is 5.39. The molecule has 7 heavy (non-hydrogen) atoms. The predicted octanol–water partition coefficient (Wildman–Crippen LogP) is -1.18. The van der Waals surface area contributed by atoms with Gasteiger partial charge in [-0.25, -0.2) is 0 Å². The van der Waals surface area contributed by atoms with E-state index in [-0.39, 0.29) is 0 Å². The van der Waals surface area contributed by atoms with Crippen LogP contribution >= 0.6 is 8.02 Å². The molecule has 5 heteroatoms. The summed E-state index contributed by atoms with van der Waals surface area (Å²) in [6.07, 6.45) is 0. The van der Waals surface area contributed by atoms with E-state index in [2.05, 4.69) is 10.2 Å². The Morgan fingerprint density at radius 2 is 1.43 bits per heavy atom. The Labute approximate surface area is 43.2 Å². The van der Waals surface area contributed by atoms with E-state index in [9.17, 15) is 0 Å². The van der Waals surface area contributed by atoms with Gasteiger partial charge in [0.25, 0.3) is 0 Å². The van der Waals surface area contributed by atoms with Crippen molar-refractivity contribution in [3.63, 3.8) is 0 Å². The molecule has 0 saturated heterocycles. The van der Waals surface area contributed by atoms with E-state index in [0.29, 0.717) is 0 Å². The molecule has 4 N–H and O–H groups in total. The SMILES string of the molecule is CN[PH](O)(O)NC. The third-order valence-electron chi connectivity index (χ3n) is 0.697. The molecule has 4 nitrogen and oxygen atoms in total. The van der Waals surface area contributed by atoms with Gasteiger partial charge in [0.2, 0.25) is 0 Å². The molecule has 0 spiro atoms. The maximum atomic E-state index is 8.60. The minimum atomic E-state index is -3.15.